The van der Waals surface area contributed by atoms with Crippen molar-refractivity contribution in [1.29, 1.82) is 0 Å². The molecule has 3 aliphatic rings. The summed E-state index contributed by atoms with van der Waals surface area (Å²) in [4.78, 5) is 52.7. The number of ether oxygens (including phenoxy) is 2. The van der Waals surface area contributed by atoms with Crippen molar-refractivity contribution in [2.45, 2.75) is 58.2 Å². The van der Waals surface area contributed by atoms with Gasteiger partial charge in [-0.15, -0.1) is 0 Å². The van der Waals surface area contributed by atoms with Crippen LogP contribution in [0.5, 0.6) is 11.5 Å². The zero-order valence-corrected chi connectivity index (χ0v) is 19.9. The molecule has 182 valence electrons. The third-order valence-electron chi connectivity index (χ3n) is 6.33. The number of anilines is 1. The van der Waals surface area contributed by atoms with Gasteiger partial charge in [-0.1, -0.05) is 12.1 Å². The van der Waals surface area contributed by atoms with Crippen LogP contribution in [0.3, 0.4) is 0 Å². The van der Waals surface area contributed by atoms with Crippen molar-refractivity contribution in [2.24, 2.45) is 0 Å². The summed E-state index contributed by atoms with van der Waals surface area (Å²) in [5, 5.41) is 2.31. The summed E-state index contributed by atoms with van der Waals surface area (Å²) in [5.74, 6) is -0.000811. The third kappa shape index (κ3) is 4.34. The lowest BCUT2D eigenvalue weighted by atomic mass is 10.0. The van der Waals surface area contributed by atoms with E-state index in [0.717, 1.165) is 17.7 Å². The Kier molecular flexibility index (Phi) is 5.50. The van der Waals surface area contributed by atoms with Crippen molar-refractivity contribution in [3.05, 3.63) is 53.1 Å². The Bertz CT molecular complexity index is 1250. The molecule has 1 saturated heterocycles. The molecule has 3 heterocycles. The molecule has 5 rings (SSSR count). The monoisotopic (exact) mass is 477 g/mol. The van der Waals surface area contributed by atoms with Gasteiger partial charge in [0, 0.05) is 30.2 Å². The highest BCUT2D eigenvalue weighted by atomic mass is 16.6. The number of piperidine rings is 1. The molecule has 1 unspecified atom stereocenters. The Labute approximate surface area is 203 Å². The van der Waals surface area contributed by atoms with Crippen LogP contribution in [-0.2, 0) is 27.3 Å². The van der Waals surface area contributed by atoms with Crippen molar-refractivity contribution < 1.29 is 28.7 Å². The molecule has 2 aromatic rings. The van der Waals surface area contributed by atoms with Crippen LogP contribution in [0.15, 0.2) is 36.4 Å². The molecule has 1 fully saturated rings. The van der Waals surface area contributed by atoms with Gasteiger partial charge < -0.3 is 14.4 Å². The molecule has 0 aliphatic carbocycles. The second-order valence-corrected chi connectivity index (χ2v) is 9.96. The lowest BCUT2D eigenvalue weighted by Gasteiger charge is -2.29. The first-order valence-electron chi connectivity index (χ1n) is 11.7. The molecule has 35 heavy (non-hydrogen) atoms. The van der Waals surface area contributed by atoms with Gasteiger partial charge in [0.1, 0.15) is 23.1 Å². The summed E-state index contributed by atoms with van der Waals surface area (Å²) in [6, 6.07) is 10.1. The largest absolute Gasteiger partial charge is 0.457 e. The maximum Gasteiger partial charge on any atom is 0.414 e. The molecule has 0 spiro atoms. The van der Waals surface area contributed by atoms with E-state index in [0.29, 0.717) is 35.6 Å². The van der Waals surface area contributed by atoms with E-state index in [1.54, 1.807) is 29.2 Å². The standard InChI is InChI=1S/C26H27N3O6/c1-26(2,3)35-25(33)28-12-11-15-7-8-16(13-20(15)28)34-21-6-4-5-17-18(21)14-29(24(17)32)19-9-10-22(30)27-23(19)31/h4-8,13,19H,9-12,14H2,1-3H3,(H,27,30,31). The minimum absolute atomic E-state index is 0.198. The summed E-state index contributed by atoms with van der Waals surface area (Å²) in [6.07, 6.45) is 0.819. The van der Waals surface area contributed by atoms with Crippen LogP contribution < -0.4 is 15.0 Å². The lowest BCUT2D eigenvalue weighted by molar-refractivity contribution is -0.136. The predicted molar refractivity (Wildman–Crippen MR) is 126 cm³/mol. The van der Waals surface area contributed by atoms with E-state index >= 15 is 0 Å². The minimum atomic E-state index is -0.692. The number of imide groups is 1. The van der Waals surface area contributed by atoms with Gasteiger partial charge in [-0.25, -0.2) is 4.79 Å². The fraction of sp³-hybridized carbons (Fsp3) is 0.385. The molecule has 1 N–H and O–H groups in total. The number of fused-ring (bicyclic) bond motifs is 2. The van der Waals surface area contributed by atoms with Gasteiger partial charge in [-0.05, 0) is 57.4 Å². The quantitative estimate of drug-likeness (QED) is 0.678. The molecule has 3 aliphatic heterocycles. The molecule has 9 heteroatoms. The zero-order chi connectivity index (χ0) is 24.9. The molecular weight excluding hydrogens is 450 g/mol. The molecule has 0 bridgehead atoms. The van der Waals surface area contributed by atoms with Crippen LogP contribution >= 0.6 is 0 Å². The van der Waals surface area contributed by atoms with Gasteiger partial charge in [-0.3, -0.25) is 24.6 Å². The topological polar surface area (TPSA) is 105 Å². The summed E-state index contributed by atoms with van der Waals surface area (Å²) in [7, 11) is 0. The van der Waals surface area contributed by atoms with Crippen molar-refractivity contribution in [1.82, 2.24) is 10.2 Å². The van der Waals surface area contributed by atoms with Crippen LogP contribution in [0.1, 0.15) is 55.1 Å². The molecule has 0 aromatic heterocycles. The van der Waals surface area contributed by atoms with E-state index in [4.69, 9.17) is 9.47 Å². The molecule has 9 nitrogen and oxygen atoms in total. The smallest absolute Gasteiger partial charge is 0.414 e. The maximum absolute atomic E-state index is 13.1. The fourth-order valence-electron chi connectivity index (χ4n) is 4.71. The van der Waals surface area contributed by atoms with Crippen molar-refractivity contribution in [3.63, 3.8) is 0 Å². The maximum atomic E-state index is 13.1. The second-order valence-electron chi connectivity index (χ2n) is 9.96. The highest BCUT2D eigenvalue weighted by Gasteiger charge is 2.40. The van der Waals surface area contributed by atoms with Crippen molar-refractivity contribution >= 4 is 29.5 Å². The molecule has 1 atom stereocenters. The number of carbonyl (C=O) groups excluding carboxylic acids is 4. The van der Waals surface area contributed by atoms with Gasteiger partial charge >= 0.3 is 6.09 Å². The van der Waals surface area contributed by atoms with E-state index < -0.39 is 23.6 Å². The van der Waals surface area contributed by atoms with Gasteiger partial charge in [0.05, 0.1) is 12.2 Å². The number of amides is 4. The Hall–Kier alpha value is -3.88. The van der Waals surface area contributed by atoms with Gasteiger partial charge in [0.2, 0.25) is 11.8 Å². The number of nitrogens with one attached hydrogen (secondary N) is 1. The number of benzene rings is 2. The molecule has 2 aromatic carbocycles. The van der Waals surface area contributed by atoms with Crippen molar-refractivity contribution in [2.75, 3.05) is 11.4 Å². The van der Waals surface area contributed by atoms with E-state index in [-0.39, 0.29) is 24.8 Å². The first-order valence-corrected chi connectivity index (χ1v) is 11.7. The highest BCUT2D eigenvalue weighted by Crippen LogP contribution is 2.38. The van der Waals surface area contributed by atoms with Gasteiger partial charge in [0.15, 0.2) is 0 Å². The number of hydrogen-bond donors (Lipinski definition) is 1. The van der Waals surface area contributed by atoms with E-state index in [9.17, 15) is 19.2 Å². The number of hydrogen-bond acceptors (Lipinski definition) is 6. The van der Waals surface area contributed by atoms with Crippen LogP contribution in [0, 0.1) is 0 Å². The predicted octanol–water partition coefficient (Wildman–Crippen LogP) is 3.54. The molecule has 4 amide bonds. The first-order chi connectivity index (χ1) is 16.6. The fourth-order valence-corrected chi connectivity index (χ4v) is 4.71. The third-order valence-corrected chi connectivity index (χ3v) is 6.33. The average molecular weight is 478 g/mol. The van der Waals surface area contributed by atoms with Crippen LogP contribution in [0.25, 0.3) is 0 Å². The lowest BCUT2D eigenvalue weighted by Crippen LogP contribution is -2.52. The second kappa shape index (κ2) is 8.41. The van der Waals surface area contributed by atoms with E-state index in [1.807, 2.05) is 32.9 Å². The normalized spacial score (nSPS) is 19.4. The van der Waals surface area contributed by atoms with Crippen LogP contribution in [0.2, 0.25) is 0 Å². The molecule has 0 radical (unpaired) electrons. The molecule has 0 saturated carbocycles. The minimum Gasteiger partial charge on any atom is -0.457 e. The number of nitrogens with zero attached hydrogens (tertiary/aromatic N) is 2. The van der Waals surface area contributed by atoms with Gasteiger partial charge in [0.25, 0.3) is 5.91 Å². The summed E-state index contributed by atoms with van der Waals surface area (Å²) >= 11 is 0. The average Bonchev–Trinajstić information content (AvgIpc) is 3.35. The van der Waals surface area contributed by atoms with Gasteiger partial charge in [-0.2, -0.15) is 0 Å². The summed E-state index contributed by atoms with van der Waals surface area (Å²) in [6.45, 7) is 6.24. The highest BCUT2D eigenvalue weighted by molar-refractivity contribution is 6.05. The Morgan fingerprint density at radius 2 is 1.89 bits per heavy atom. The molecular formula is C26H27N3O6. The Morgan fingerprint density at radius 1 is 1.09 bits per heavy atom. The first kappa shape index (κ1) is 22.9. The summed E-state index contributed by atoms with van der Waals surface area (Å²) in [5.41, 5.74) is 2.33. The SMILES string of the molecule is CC(C)(C)OC(=O)N1CCc2ccc(Oc3cccc4c3CN(C3CCC(=O)NC3=O)C4=O)cc21. The van der Waals surface area contributed by atoms with Crippen LogP contribution in [0.4, 0.5) is 10.5 Å². The zero-order valence-electron chi connectivity index (χ0n) is 19.9. The number of carbonyl (C=O) groups is 4. The Morgan fingerprint density at radius 3 is 2.63 bits per heavy atom. The van der Waals surface area contributed by atoms with E-state index in [2.05, 4.69) is 5.32 Å². The Balaban J connectivity index is 1.38. The number of rotatable bonds is 3. The summed E-state index contributed by atoms with van der Waals surface area (Å²) < 4.78 is 11.7. The van der Waals surface area contributed by atoms with Crippen molar-refractivity contribution in [3.8, 4) is 11.5 Å². The van der Waals surface area contributed by atoms with Crippen LogP contribution in [-0.4, -0.2) is 46.9 Å². The van der Waals surface area contributed by atoms with E-state index in [1.165, 1.54) is 4.90 Å².